The first-order chi connectivity index (χ1) is 8.88. The van der Waals surface area contributed by atoms with E-state index in [1.807, 2.05) is 20.8 Å². The standard InChI is InChI=1S/C14H20O4S/c1-4-10-7-8-11(14(15)16)9-13(10)19(17,18)12(5-2)6-3/h7-9,12H,4-6H2,1-3H3,(H,15,16). The average molecular weight is 284 g/mol. The molecule has 5 heteroatoms. The molecule has 0 saturated heterocycles. The molecule has 0 unspecified atom stereocenters. The van der Waals surface area contributed by atoms with Crippen LogP contribution in [0.5, 0.6) is 0 Å². The van der Waals surface area contributed by atoms with E-state index >= 15 is 0 Å². The van der Waals surface area contributed by atoms with E-state index < -0.39 is 21.1 Å². The lowest BCUT2D eigenvalue weighted by Crippen LogP contribution is -2.21. The second-order valence-corrected chi connectivity index (χ2v) is 6.66. The number of benzene rings is 1. The lowest BCUT2D eigenvalue weighted by molar-refractivity contribution is 0.0696. The Morgan fingerprint density at radius 2 is 1.79 bits per heavy atom. The predicted molar refractivity (Wildman–Crippen MR) is 74.3 cm³/mol. The highest BCUT2D eigenvalue weighted by atomic mass is 32.2. The van der Waals surface area contributed by atoms with E-state index in [-0.39, 0.29) is 10.5 Å². The van der Waals surface area contributed by atoms with Crippen molar-refractivity contribution in [1.82, 2.24) is 0 Å². The summed E-state index contributed by atoms with van der Waals surface area (Å²) in [5.41, 5.74) is 0.693. The maximum atomic E-state index is 12.6. The highest BCUT2D eigenvalue weighted by molar-refractivity contribution is 7.92. The van der Waals surface area contributed by atoms with Crippen molar-refractivity contribution in [2.24, 2.45) is 0 Å². The van der Waals surface area contributed by atoms with E-state index in [0.717, 1.165) is 0 Å². The van der Waals surface area contributed by atoms with Gasteiger partial charge in [0.05, 0.1) is 15.7 Å². The second kappa shape index (κ2) is 6.19. The Bertz CT molecular complexity index is 557. The number of rotatable bonds is 6. The molecule has 1 aromatic carbocycles. The van der Waals surface area contributed by atoms with Gasteiger partial charge in [-0.15, -0.1) is 0 Å². The van der Waals surface area contributed by atoms with E-state index in [1.54, 1.807) is 6.07 Å². The summed E-state index contributed by atoms with van der Waals surface area (Å²) >= 11 is 0. The Hall–Kier alpha value is -1.36. The maximum absolute atomic E-state index is 12.6. The van der Waals surface area contributed by atoms with Crippen molar-refractivity contribution in [1.29, 1.82) is 0 Å². The smallest absolute Gasteiger partial charge is 0.335 e. The molecule has 0 amide bonds. The zero-order valence-corrected chi connectivity index (χ0v) is 12.3. The second-order valence-electron chi connectivity index (χ2n) is 4.46. The van der Waals surface area contributed by atoms with E-state index in [1.165, 1.54) is 12.1 Å². The molecule has 0 radical (unpaired) electrons. The summed E-state index contributed by atoms with van der Waals surface area (Å²) in [7, 11) is -3.46. The van der Waals surface area contributed by atoms with Crippen molar-refractivity contribution in [3.63, 3.8) is 0 Å². The molecule has 19 heavy (non-hydrogen) atoms. The van der Waals surface area contributed by atoms with Gasteiger partial charge in [0, 0.05) is 0 Å². The molecule has 0 spiro atoms. The Labute approximate surface area is 114 Å². The van der Waals surface area contributed by atoms with Crippen LogP contribution in [0.1, 0.15) is 49.5 Å². The predicted octanol–water partition coefficient (Wildman–Crippen LogP) is 2.91. The molecule has 1 aromatic rings. The van der Waals surface area contributed by atoms with Crippen molar-refractivity contribution < 1.29 is 18.3 Å². The minimum Gasteiger partial charge on any atom is -0.478 e. The van der Waals surface area contributed by atoms with Crippen molar-refractivity contribution >= 4 is 15.8 Å². The van der Waals surface area contributed by atoms with Crippen LogP contribution < -0.4 is 0 Å². The van der Waals surface area contributed by atoms with E-state index in [9.17, 15) is 13.2 Å². The zero-order chi connectivity index (χ0) is 14.6. The van der Waals surface area contributed by atoms with E-state index in [2.05, 4.69) is 0 Å². The van der Waals surface area contributed by atoms with Crippen LogP contribution in [0.4, 0.5) is 0 Å². The van der Waals surface area contributed by atoms with E-state index in [4.69, 9.17) is 5.11 Å². The number of hydrogen-bond acceptors (Lipinski definition) is 3. The van der Waals surface area contributed by atoms with Gasteiger partial charge in [-0.25, -0.2) is 13.2 Å². The number of sulfone groups is 1. The molecular formula is C14H20O4S. The van der Waals surface area contributed by atoms with Crippen LogP contribution in [-0.4, -0.2) is 24.7 Å². The first-order valence-electron chi connectivity index (χ1n) is 6.48. The summed E-state index contributed by atoms with van der Waals surface area (Å²) in [4.78, 5) is 11.2. The summed E-state index contributed by atoms with van der Waals surface area (Å²) < 4.78 is 25.1. The highest BCUT2D eigenvalue weighted by Crippen LogP contribution is 2.25. The Morgan fingerprint density at radius 3 is 2.21 bits per heavy atom. The highest BCUT2D eigenvalue weighted by Gasteiger charge is 2.27. The minimum absolute atomic E-state index is 0.0155. The molecule has 0 aliphatic carbocycles. The molecule has 106 valence electrons. The maximum Gasteiger partial charge on any atom is 0.335 e. The Morgan fingerprint density at radius 1 is 1.21 bits per heavy atom. The third-order valence-corrected chi connectivity index (χ3v) is 5.89. The van der Waals surface area contributed by atoms with Crippen LogP contribution in [0.15, 0.2) is 23.1 Å². The van der Waals surface area contributed by atoms with Crippen LogP contribution in [-0.2, 0) is 16.3 Å². The molecule has 1 N–H and O–H groups in total. The summed E-state index contributed by atoms with van der Waals surface area (Å²) in [6.45, 7) is 5.53. The number of carboxylic acids is 1. The third kappa shape index (κ3) is 3.15. The van der Waals surface area contributed by atoms with Gasteiger partial charge in [0.15, 0.2) is 9.84 Å². The molecule has 0 heterocycles. The van der Waals surface area contributed by atoms with Crippen LogP contribution in [0, 0.1) is 0 Å². The van der Waals surface area contributed by atoms with Crippen LogP contribution in [0.3, 0.4) is 0 Å². The van der Waals surface area contributed by atoms with E-state index in [0.29, 0.717) is 24.8 Å². The SMILES string of the molecule is CCc1ccc(C(=O)O)cc1S(=O)(=O)C(CC)CC. The van der Waals surface area contributed by atoms with Gasteiger partial charge in [0.25, 0.3) is 0 Å². The summed E-state index contributed by atoms with van der Waals surface area (Å²) in [5, 5.41) is 8.54. The van der Waals surface area contributed by atoms with Crippen LogP contribution >= 0.6 is 0 Å². The lowest BCUT2D eigenvalue weighted by atomic mass is 10.1. The minimum atomic E-state index is -3.46. The summed E-state index contributed by atoms with van der Waals surface area (Å²) in [5.74, 6) is -1.11. The number of aromatic carboxylic acids is 1. The molecule has 0 fully saturated rings. The first kappa shape index (κ1) is 15.7. The Balaban J connectivity index is 3.46. The molecule has 0 aliphatic heterocycles. The molecule has 0 bridgehead atoms. The zero-order valence-electron chi connectivity index (χ0n) is 11.5. The van der Waals surface area contributed by atoms with Gasteiger partial charge in [-0.3, -0.25) is 0 Å². The van der Waals surface area contributed by atoms with Gasteiger partial charge in [-0.2, -0.15) is 0 Å². The van der Waals surface area contributed by atoms with Gasteiger partial charge in [-0.1, -0.05) is 26.8 Å². The fraction of sp³-hybridized carbons (Fsp3) is 0.500. The van der Waals surface area contributed by atoms with Gasteiger partial charge < -0.3 is 5.11 Å². The van der Waals surface area contributed by atoms with Crippen molar-refractivity contribution in [2.75, 3.05) is 0 Å². The fourth-order valence-electron chi connectivity index (χ4n) is 2.15. The van der Waals surface area contributed by atoms with Gasteiger partial charge >= 0.3 is 5.97 Å². The number of carboxylic acid groups (broad SMARTS) is 1. The number of hydrogen-bond donors (Lipinski definition) is 1. The normalized spacial score (nSPS) is 11.8. The average Bonchev–Trinajstić information content (AvgIpc) is 2.38. The van der Waals surface area contributed by atoms with Crippen molar-refractivity contribution in [2.45, 2.75) is 50.2 Å². The number of aryl methyl sites for hydroxylation is 1. The van der Waals surface area contributed by atoms with Crippen molar-refractivity contribution in [3.8, 4) is 0 Å². The molecule has 4 nitrogen and oxygen atoms in total. The lowest BCUT2D eigenvalue weighted by Gasteiger charge is -2.17. The fourth-order valence-corrected chi connectivity index (χ4v) is 4.26. The van der Waals surface area contributed by atoms with Crippen molar-refractivity contribution in [3.05, 3.63) is 29.3 Å². The third-order valence-electron chi connectivity index (χ3n) is 3.35. The summed E-state index contributed by atoms with van der Waals surface area (Å²) in [6.07, 6.45) is 1.62. The monoisotopic (exact) mass is 284 g/mol. The molecule has 0 saturated carbocycles. The largest absolute Gasteiger partial charge is 0.478 e. The van der Waals surface area contributed by atoms with Gasteiger partial charge in [0.2, 0.25) is 0 Å². The first-order valence-corrected chi connectivity index (χ1v) is 8.03. The van der Waals surface area contributed by atoms with Crippen LogP contribution in [0.2, 0.25) is 0 Å². The molecule has 1 rings (SSSR count). The molecule has 0 atom stereocenters. The Kier molecular flexibility index (Phi) is 5.11. The molecule has 0 aromatic heterocycles. The molecular weight excluding hydrogens is 264 g/mol. The molecule has 0 aliphatic rings. The quantitative estimate of drug-likeness (QED) is 0.871. The van der Waals surface area contributed by atoms with Crippen LogP contribution in [0.25, 0.3) is 0 Å². The summed E-state index contributed by atoms with van der Waals surface area (Å²) in [6, 6.07) is 4.33. The van der Waals surface area contributed by atoms with Gasteiger partial charge in [-0.05, 0) is 37.0 Å². The van der Waals surface area contributed by atoms with Gasteiger partial charge in [0.1, 0.15) is 0 Å². The number of carbonyl (C=O) groups is 1. The topological polar surface area (TPSA) is 71.4 Å².